The smallest absolute Gasteiger partial charge is 0.256 e. The van der Waals surface area contributed by atoms with Crippen molar-refractivity contribution in [2.75, 3.05) is 35.6 Å². The van der Waals surface area contributed by atoms with E-state index in [9.17, 15) is 9.59 Å². The van der Waals surface area contributed by atoms with Crippen LogP contribution in [0.3, 0.4) is 0 Å². The summed E-state index contributed by atoms with van der Waals surface area (Å²) in [6, 6.07) is 13.7. The predicted octanol–water partition coefficient (Wildman–Crippen LogP) is 5.11. The molecular weight excluding hydrogens is 418 g/mol. The van der Waals surface area contributed by atoms with Crippen LogP contribution in [0.4, 0.5) is 11.4 Å². The normalized spacial score (nSPS) is 16.0. The van der Waals surface area contributed by atoms with E-state index in [1.165, 1.54) is 55.1 Å². The van der Waals surface area contributed by atoms with E-state index in [2.05, 4.69) is 34.6 Å². The van der Waals surface area contributed by atoms with Crippen LogP contribution in [0.1, 0.15) is 54.9 Å². The summed E-state index contributed by atoms with van der Waals surface area (Å²) in [6.07, 6.45) is 7.36. The Morgan fingerprint density at radius 2 is 1.91 bits per heavy atom. The van der Waals surface area contributed by atoms with Crippen molar-refractivity contribution in [3.05, 3.63) is 53.6 Å². The van der Waals surface area contributed by atoms with Crippen molar-refractivity contribution in [1.29, 1.82) is 0 Å². The zero-order valence-electron chi connectivity index (χ0n) is 18.9. The quantitative estimate of drug-likeness (QED) is 0.548. The van der Waals surface area contributed by atoms with E-state index in [1.807, 2.05) is 30.3 Å². The van der Waals surface area contributed by atoms with Crippen molar-refractivity contribution in [3.63, 3.8) is 0 Å². The lowest BCUT2D eigenvalue weighted by molar-refractivity contribution is -0.118. The van der Waals surface area contributed by atoms with Gasteiger partial charge in [0.1, 0.15) is 0 Å². The molecule has 0 atom stereocenters. The van der Waals surface area contributed by atoms with E-state index >= 15 is 0 Å². The number of thioether (sulfide) groups is 1. The third-order valence-corrected chi connectivity index (χ3v) is 7.59. The summed E-state index contributed by atoms with van der Waals surface area (Å²) in [5.74, 6) is 0.832. The Morgan fingerprint density at radius 1 is 1.09 bits per heavy atom. The Balaban J connectivity index is 1.34. The summed E-state index contributed by atoms with van der Waals surface area (Å²) in [6.45, 7) is 4.92. The van der Waals surface area contributed by atoms with Gasteiger partial charge in [0.05, 0.1) is 11.3 Å². The van der Waals surface area contributed by atoms with Crippen LogP contribution in [-0.2, 0) is 11.2 Å². The maximum Gasteiger partial charge on any atom is 0.256 e. The number of nitrogens with zero attached hydrogens (tertiary/aromatic N) is 1. The number of hydrogen-bond donors (Lipinski definition) is 2. The molecule has 32 heavy (non-hydrogen) atoms. The van der Waals surface area contributed by atoms with Crippen molar-refractivity contribution in [2.24, 2.45) is 5.92 Å². The molecular formula is C26H33N3O2S. The third kappa shape index (κ3) is 5.66. The van der Waals surface area contributed by atoms with Crippen molar-refractivity contribution >= 4 is 35.0 Å². The van der Waals surface area contributed by atoms with Gasteiger partial charge in [0.2, 0.25) is 5.91 Å². The summed E-state index contributed by atoms with van der Waals surface area (Å²) in [5, 5.41) is 6.13. The van der Waals surface area contributed by atoms with Crippen molar-refractivity contribution in [1.82, 2.24) is 5.32 Å². The number of benzene rings is 2. The number of nitrogens with one attached hydrogen (secondary N) is 2. The topological polar surface area (TPSA) is 61.4 Å². The van der Waals surface area contributed by atoms with Gasteiger partial charge in [-0.3, -0.25) is 9.59 Å². The predicted molar refractivity (Wildman–Crippen MR) is 133 cm³/mol. The molecule has 6 heteroatoms. The molecule has 4 rings (SSSR count). The van der Waals surface area contributed by atoms with E-state index in [1.54, 1.807) is 0 Å². The van der Waals surface area contributed by atoms with E-state index < -0.39 is 0 Å². The summed E-state index contributed by atoms with van der Waals surface area (Å²) in [7, 11) is 0. The standard InChI is InChI=1S/C26H33N3O2S/c1-2-29-15-14-20-12-13-21(16-23(20)29)28-26(31)22-10-6-7-11-24(22)32-18-25(30)27-17-19-8-4-3-5-9-19/h6-7,10-13,16,19H,2-5,8-9,14-15,17-18H2,1H3,(H,27,30)(H,28,31). The molecule has 1 saturated carbocycles. The molecule has 2 aromatic rings. The molecule has 2 N–H and O–H groups in total. The van der Waals surface area contributed by atoms with Gasteiger partial charge < -0.3 is 15.5 Å². The molecule has 2 aliphatic rings. The van der Waals surface area contributed by atoms with Gasteiger partial charge >= 0.3 is 0 Å². The van der Waals surface area contributed by atoms with Crippen LogP contribution < -0.4 is 15.5 Å². The zero-order valence-corrected chi connectivity index (χ0v) is 19.7. The molecule has 5 nitrogen and oxygen atoms in total. The Kier molecular flexibility index (Phi) is 7.74. The molecule has 1 aliphatic heterocycles. The average Bonchev–Trinajstić information content (AvgIpc) is 3.24. The van der Waals surface area contributed by atoms with E-state index in [4.69, 9.17) is 0 Å². The lowest BCUT2D eigenvalue weighted by Gasteiger charge is -2.21. The maximum absolute atomic E-state index is 13.0. The molecule has 0 spiro atoms. The number of carbonyl (C=O) groups is 2. The molecule has 0 bridgehead atoms. The van der Waals surface area contributed by atoms with Crippen molar-refractivity contribution in [2.45, 2.75) is 50.3 Å². The van der Waals surface area contributed by atoms with Gasteiger partial charge in [0.15, 0.2) is 0 Å². The van der Waals surface area contributed by atoms with Crippen LogP contribution in [0.15, 0.2) is 47.4 Å². The van der Waals surface area contributed by atoms with Gasteiger partial charge in [-0.2, -0.15) is 0 Å². The molecule has 0 aromatic heterocycles. The second kappa shape index (κ2) is 10.9. The number of likely N-dealkylation sites (N-methyl/N-ethyl adjacent to an activating group) is 1. The summed E-state index contributed by atoms with van der Waals surface area (Å²) in [5.41, 5.74) is 3.95. The van der Waals surface area contributed by atoms with Crippen LogP contribution >= 0.6 is 11.8 Å². The van der Waals surface area contributed by atoms with Crippen molar-refractivity contribution < 1.29 is 9.59 Å². The van der Waals surface area contributed by atoms with Crippen LogP contribution in [0.5, 0.6) is 0 Å². The van der Waals surface area contributed by atoms with Crippen LogP contribution in [0.25, 0.3) is 0 Å². The van der Waals surface area contributed by atoms with Crippen LogP contribution in [-0.4, -0.2) is 37.2 Å². The highest BCUT2D eigenvalue weighted by Crippen LogP contribution is 2.31. The van der Waals surface area contributed by atoms with Gasteiger partial charge in [-0.25, -0.2) is 0 Å². The van der Waals surface area contributed by atoms with Crippen molar-refractivity contribution in [3.8, 4) is 0 Å². The fourth-order valence-corrected chi connectivity index (χ4v) is 5.55. The number of fused-ring (bicyclic) bond motifs is 1. The number of carbonyl (C=O) groups excluding carboxylic acids is 2. The minimum Gasteiger partial charge on any atom is -0.371 e. The van der Waals surface area contributed by atoms with Gasteiger partial charge in [-0.05, 0) is 61.9 Å². The third-order valence-electron chi connectivity index (χ3n) is 6.52. The second-order valence-corrected chi connectivity index (χ2v) is 9.74. The number of rotatable bonds is 8. The molecule has 1 aliphatic carbocycles. The highest BCUT2D eigenvalue weighted by molar-refractivity contribution is 8.00. The number of hydrogen-bond acceptors (Lipinski definition) is 4. The summed E-state index contributed by atoms with van der Waals surface area (Å²) >= 11 is 1.42. The van der Waals surface area contributed by atoms with E-state index in [-0.39, 0.29) is 11.8 Å². The first kappa shape index (κ1) is 22.7. The van der Waals surface area contributed by atoms with Gasteiger partial charge in [0, 0.05) is 35.9 Å². The first-order chi connectivity index (χ1) is 15.6. The van der Waals surface area contributed by atoms with Crippen LogP contribution in [0, 0.1) is 5.92 Å². The largest absolute Gasteiger partial charge is 0.371 e. The highest BCUT2D eigenvalue weighted by Gasteiger charge is 2.19. The molecule has 0 radical (unpaired) electrons. The first-order valence-corrected chi connectivity index (χ1v) is 12.8. The molecule has 2 aromatic carbocycles. The Morgan fingerprint density at radius 3 is 2.72 bits per heavy atom. The number of amides is 2. The average molecular weight is 452 g/mol. The maximum atomic E-state index is 13.0. The molecule has 0 saturated heterocycles. The van der Waals surface area contributed by atoms with Gasteiger partial charge in [0.25, 0.3) is 5.91 Å². The lowest BCUT2D eigenvalue weighted by atomic mass is 9.89. The van der Waals surface area contributed by atoms with E-state index in [0.717, 1.165) is 36.6 Å². The second-order valence-electron chi connectivity index (χ2n) is 8.72. The molecule has 1 fully saturated rings. The Bertz CT molecular complexity index is 956. The Labute approximate surface area is 195 Å². The zero-order chi connectivity index (χ0) is 22.3. The molecule has 1 heterocycles. The van der Waals surface area contributed by atoms with E-state index in [0.29, 0.717) is 17.2 Å². The molecule has 0 unspecified atom stereocenters. The molecule has 2 amide bonds. The SMILES string of the molecule is CCN1CCc2ccc(NC(=O)c3ccccc3SCC(=O)NCC3CCCCC3)cc21. The minimum absolute atomic E-state index is 0.0362. The Hall–Kier alpha value is -2.47. The van der Waals surface area contributed by atoms with Crippen LogP contribution in [0.2, 0.25) is 0 Å². The first-order valence-electron chi connectivity index (χ1n) is 11.8. The monoisotopic (exact) mass is 451 g/mol. The number of anilines is 2. The molecule has 170 valence electrons. The highest BCUT2D eigenvalue weighted by atomic mass is 32.2. The fraction of sp³-hybridized carbons (Fsp3) is 0.462. The van der Waals surface area contributed by atoms with Gasteiger partial charge in [-0.1, -0.05) is 37.5 Å². The minimum atomic E-state index is -0.142. The lowest BCUT2D eigenvalue weighted by Crippen LogP contribution is -2.31. The summed E-state index contributed by atoms with van der Waals surface area (Å²) < 4.78 is 0. The van der Waals surface area contributed by atoms with Gasteiger partial charge in [-0.15, -0.1) is 11.8 Å². The fourth-order valence-electron chi connectivity index (χ4n) is 4.67. The summed E-state index contributed by atoms with van der Waals surface area (Å²) in [4.78, 5) is 28.5.